The summed E-state index contributed by atoms with van der Waals surface area (Å²) in [6.45, 7) is 5.04. The van der Waals surface area contributed by atoms with Crippen LogP contribution in [0, 0.1) is 5.41 Å². The Labute approximate surface area is 84.6 Å². The number of allylic oxidation sites excluding steroid dienone is 2. The Bertz CT molecular complexity index is 321. The van der Waals surface area contributed by atoms with Gasteiger partial charge in [0.15, 0.2) is 5.76 Å². The van der Waals surface area contributed by atoms with E-state index in [0.717, 1.165) is 24.8 Å². The van der Waals surface area contributed by atoms with Gasteiger partial charge in [-0.2, -0.15) is 0 Å². The fraction of sp³-hybridized carbons (Fsp3) is 0.583. The molecule has 1 heterocycles. The summed E-state index contributed by atoms with van der Waals surface area (Å²) >= 11 is 0. The fourth-order valence-corrected chi connectivity index (χ4v) is 1.97. The van der Waals surface area contributed by atoms with Gasteiger partial charge in [-0.25, -0.2) is 0 Å². The molecule has 0 radical (unpaired) electrons. The highest BCUT2D eigenvalue weighted by atomic mass is 16.5. The molecule has 1 aliphatic carbocycles. The number of hydrogen-bond acceptors (Lipinski definition) is 2. The number of rotatable bonds is 2. The lowest BCUT2D eigenvalue weighted by molar-refractivity contribution is -0.115. The van der Waals surface area contributed by atoms with E-state index in [4.69, 9.17) is 4.74 Å². The molecule has 0 bridgehead atoms. The first kappa shape index (κ1) is 9.50. The van der Waals surface area contributed by atoms with Crippen LogP contribution in [0.1, 0.15) is 33.1 Å². The summed E-state index contributed by atoms with van der Waals surface area (Å²) in [4.78, 5) is 11.9. The van der Waals surface area contributed by atoms with Gasteiger partial charge < -0.3 is 4.74 Å². The quantitative estimate of drug-likeness (QED) is 0.672. The van der Waals surface area contributed by atoms with E-state index >= 15 is 0 Å². The maximum absolute atomic E-state index is 11.9. The molecular weight excluding hydrogens is 176 g/mol. The zero-order valence-electron chi connectivity index (χ0n) is 8.80. The van der Waals surface area contributed by atoms with Crippen molar-refractivity contribution in [3.05, 3.63) is 23.5 Å². The predicted molar refractivity (Wildman–Crippen MR) is 54.8 cm³/mol. The predicted octanol–water partition coefficient (Wildman–Crippen LogP) is 2.61. The molecule has 2 rings (SSSR count). The van der Waals surface area contributed by atoms with Gasteiger partial charge in [0.1, 0.15) is 0 Å². The highest BCUT2D eigenvalue weighted by Crippen LogP contribution is 2.37. The number of carbonyl (C=O) groups excluding carboxylic acids is 1. The Morgan fingerprint density at radius 1 is 1.43 bits per heavy atom. The molecule has 0 aromatic carbocycles. The minimum Gasteiger partial charge on any atom is -0.489 e. The lowest BCUT2D eigenvalue weighted by atomic mass is 9.89. The number of carbonyl (C=O) groups is 1. The molecule has 0 spiro atoms. The summed E-state index contributed by atoms with van der Waals surface area (Å²) in [6, 6.07) is 0. The largest absolute Gasteiger partial charge is 0.489 e. The highest BCUT2D eigenvalue weighted by molar-refractivity contribution is 6.07. The van der Waals surface area contributed by atoms with Crippen molar-refractivity contribution in [3.63, 3.8) is 0 Å². The molecule has 2 aliphatic rings. The topological polar surface area (TPSA) is 26.3 Å². The molecule has 0 N–H and O–H groups in total. The summed E-state index contributed by atoms with van der Waals surface area (Å²) < 4.78 is 5.27. The summed E-state index contributed by atoms with van der Waals surface area (Å²) in [5.74, 6) is 0.669. The lowest BCUT2D eigenvalue weighted by Gasteiger charge is -2.16. The van der Waals surface area contributed by atoms with Crippen LogP contribution in [0.5, 0.6) is 0 Å². The standard InChI is InChI=1S/C12H16O2/c1-12(2)6-5-9(8-12)11(13)10-4-3-7-14-10/h4-5H,3,6-8H2,1-2H3. The van der Waals surface area contributed by atoms with E-state index < -0.39 is 0 Å². The first-order chi connectivity index (χ1) is 6.58. The van der Waals surface area contributed by atoms with Crippen LogP contribution in [0.15, 0.2) is 23.5 Å². The van der Waals surface area contributed by atoms with Crippen LogP contribution in [0.4, 0.5) is 0 Å². The fourth-order valence-electron chi connectivity index (χ4n) is 1.97. The molecule has 0 amide bonds. The minimum absolute atomic E-state index is 0.105. The van der Waals surface area contributed by atoms with Crippen molar-refractivity contribution < 1.29 is 9.53 Å². The number of hydrogen-bond donors (Lipinski definition) is 0. The van der Waals surface area contributed by atoms with Crippen LogP contribution < -0.4 is 0 Å². The van der Waals surface area contributed by atoms with E-state index in [-0.39, 0.29) is 11.2 Å². The average Bonchev–Trinajstić information content (AvgIpc) is 2.72. The van der Waals surface area contributed by atoms with Gasteiger partial charge in [0, 0.05) is 6.42 Å². The van der Waals surface area contributed by atoms with Crippen LogP contribution >= 0.6 is 0 Å². The minimum atomic E-state index is 0.105. The zero-order valence-corrected chi connectivity index (χ0v) is 8.80. The van der Waals surface area contributed by atoms with E-state index in [2.05, 4.69) is 19.9 Å². The maximum atomic E-state index is 11.9. The number of ether oxygens (including phenoxy) is 1. The third-order valence-corrected chi connectivity index (χ3v) is 2.79. The van der Waals surface area contributed by atoms with Crippen LogP contribution in [-0.2, 0) is 9.53 Å². The van der Waals surface area contributed by atoms with Gasteiger partial charge in [0.05, 0.1) is 6.61 Å². The normalized spacial score (nSPS) is 24.1. The van der Waals surface area contributed by atoms with Gasteiger partial charge in [-0.05, 0) is 29.9 Å². The molecule has 0 atom stereocenters. The van der Waals surface area contributed by atoms with Crippen LogP contribution in [0.3, 0.4) is 0 Å². The van der Waals surface area contributed by atoms with Crippen molar-refractivity contribution in [2.24, 2.45) is 5.41 Å². The molecule has 0 aromatic rings. The van der Waals surface area contributed by atoms with Gasteiger partial charge in [0.25, 0.3) is 0 Å². The molecule has 0 saturated carbocycles. The summed E-state index contributed by atoms with van der Waals surface area (Å²) in [6.07, 6.45) is 6.71. The molecule has 0 unspecified atom stereocenters. The molecule has 0 saturated heterocycles. The van der Waals surface area contributed by atoms with Crippen molar-refractivity contribution in [1.29, 1.82) is 0 Å². The Balaban J connectivity index is 2.07. The zero-order chi connectivity index (χ0) is 10.2. The second-order valence-electron chi connectivity index (χ2n) is 4.81. The van der Waals surface area contributed by atoms with E-state index in [1.165, 1.54) is 0 Å². The molecule has 2 nitrogen and oxygen atoms in total. The van der Waals surface area contributed by atoms with Gasteiger partial charge in [0.2, 0.25) is 5.78 Å². The number of ketones is 1. The first-order valence-corrected chi connectivity index (χ1v) is 5.15. The second kappa shape index (κ2) is 3.26. The van der Waals surface area contributed by atoms with Crippen molar-refractivity contribution >= 4 is 5.78 Å². The molecule has 14 heavy (non-hydrogen) atoms. The molecule has 2 heteroatoms. The molecule has 76 valence electrons. The summed E-state index contributed by atoms with van der Waals surface area (Å²) in [5.41, 5.74) is 1.19. The van der Waals surface area contributed by atoms with E-state index in [1.807, 2.05) is 6.08 Å². The van der Waals surface area contributed by atoms with Crippen LogP contribution in [0.2, 0.25) is 0 Å². The van der Waals surface area contributed by atoms with Gasteiger partial charge >= 0.3 is 0 Å². The van der Waals surface area contributed by atoms with Crippen molar-refractivity contribution in [1.82, 2.24) is 0 Å². The smallest absolute Gasteiger partial charge is 0.222 e. The van der Waals surface area contributed by atoms with Crippen LogP contribution in [0.25, 0.3) is 0 Å². The van der Waals surface area contributed by atoms with E-state index in [1.54, 1.807) is 0 Å². The molecule has 0 fully saturated rings. The van der Waals surface area contributed by atoms with Crippen molar-refractivity contribution in [2.45, 2.75) is 33.1 Å². The lowest BCUT2D eigenvalue weighted by Crippen LogP contribution is -2.10. The van der Waals surface area contributed by atoms with Crippen molar-refractivity contribution in [2.75, 3.05) is 6.61 Å². The third kappa shape index (κ3) is 1.74. The third-order valence-electron chi connectivity index (χ3n) is 2.79. The van der Waals surface area contributed by atoms with Crippen LogP contribution in [-0.4, -0.2) is 12.4 Å². The van der Waals surface area contributed by atoms with Gasteiger partial charge in [-0.15, -0.1) is 0 Å². The average molecular weight is 192 g/mol. The summed E-state index contributed by atoms with van der Waals surface area (Å²) in [7, 11) is 0. The summed E-state index contributed by atoms with van der Waals surface area (Å²) in [5, 5.41) is 0. The SMILES string of the molecule is CC1(C)CC=C(C(=O)C2=CCCO2)C1. The molecular formula is C12H16O2. The second-order valence-corrected chi connectivity index (χ2v) is 4.81. The number of Topliss-reactive ketones (excluding diaryl/α,β-unsaturated/α-hetero) is 1. The Hall–Kier alpha value is -1.05. The Morgan fingerprint density at radius 3 is 2.71 bits per heavy atom. The van der Waals surface area contributed by atoms with Crippen molar-refractivity contribution in [3.8, 4) is 0 Å². The highest BCUT2D eigenvalue weighted by Gasteiger charge is 2.30. The molecule has 1 aliphatic heterocycles. The maximum Gasteiger partial charge on any atom is 0.222 e. The Morgan fingerprint density at radius 2 is 2.21 bits per heavy atom. The van der Waals surface area contributed by atoms with E-state index in [0.29, 0.717) is 12.4 Å². The Kier molecular flexibility index (Phi) is 2.22. The molecule has 0 aromatic heterocycles. The van der Waals surface area contributed by atoms with Gasteiger partial charge in [-0.3, -0.25) is 4.79 Å². The monoisotopic (exact) mass is 192 g/mol. The first-order valence-electron chi connectivity index (χ1n) is 5.15. The van der Waals surface area contributed by atoms with Gasteiger partial charge in [-0.1, -0.05) is 19.9 Å². The van der Waals surface area contributed by atoms with E-state index in [9.17, 15) is 4.79 Å².